The Morgan fingerprint density at radius 2 is 1.53 bits per heavy atom. The summed E-state index contributed by atoms with van der Waals surface area (Å²) in [6.07, 6.45) is 0.884. The number of para-hydroxylation sites is 2. The van der Waals surface area contributed by atoms with E-state index in [-0.39, 0.29) is 6.04 Å². The van der Waals surface area contributed by atoms with Gasteiger partial charge in [0.2, 0.25) is 10.0 Å². The molecular weight excluding hydrogens is 494 g/mol. The number of aromatic nitrogens is 2. The predicted octanol–water partition coefficient (Wildman–Crippen LogP) is 5.62. The molecule has 8 heteroatoms. The molecule has 5 rings (SSSR count). The van der Waals surface area contributed by atoms with Crippen LogP contribution < -0.4 is 5.32 Å². The smallest absolute Gasteiger partial charge is 0.243 e. The number of anilines is 2. The van der Waals surface area contributed by atoms with Crippen LogP contribution in [0.15, 0.2) is 71.6 Å². The fraction of sp³-hybridized carbons (Fsp3) is 0.333. The van der Waals surface area contributed by atoms with Crippen molar-refractivity contribution < 1.29 is 8.42 Å². The summed E-state index contributed by atoms with van der Waals surface area (Å²) in [5, 5.41) is 4.55. The van der Waals surface area contributed by atoms with Crippen LogP contribution in [0, 0.1) is 13.8 Å². The van der Waals surface area contributed by atoms with Gasteiger partial charge in [0.05, 0.1) is 16.5 Å². The van der Waals surface area contributed by atoms with Crippen LogP contribution in [-0.4, -0.2) is 53.8 Å². The number of hydrogen-bond donors (Lipinski definition) is 1. The van der Waals surface area contributed by atoms with Gasteiger partial charge in [-0.3, -0.25) is 4.90 Å². The minimum atomic E-state index is -3.51. The molecule has 1 aliphatic rings. The van der Waals surface area contributed by atoms with Crippen molar-refractivity contribution in [1.29, 1.82) is 0 Å². The van der Waals surface area contributed by atoms with E-state index in [1.165, 1.54) is 0 Å². The summed E-state index contributed by atoms with van der Waals surface area (Å²) >= 11 is 0. The van der Waals surface area contributed by atoms with E-state index in [1.807, 2.05) is 36.4 Å². The Labute approximate surface area is 225 Å². The van der Waals surface area contributed by atoms with E-state index in [4.69, 9.17) is 9.97 Å². The monoisotopic (exact) mass is 529 g/mol. The highest BCUT2D eigenvalue weighted by atomic mass is 32.2. The van der Waals surface area contributed by atoms with Crippen LogP contribution >= 0.6 is 0 Å². The largest absolute Gasteiger partial charge is 0.339 e. The molecule has 3 aromatic carbocycles. The van der Waals surface area contributed by atoms with Crippen molar-refractivity contribution in [2.75, 3.05) is 31.5 Å². The van der Waals surface area contributed by atoms with Gasteiger partial charge in [-0.15, -0.1) is 0 Å². The molecule has 0 amide bonds. The van der Waals surface area contributed by atoms with Gasteiger partial charge in [-0.2, -0.15) is 4.31 Å². The lowest BCUT2D eigenvalue weighted by Crippen LogP contribution is -2.49. The maximum Gasteiger partial charge on any atom is 0.243 e. The highest BCUT2D eigenvalue weighted by Gasteiger charge is 2.31. The summed E-state index contributed by atoms with van der Waals surface area (Å²) in [5.74, 6) is 1.51. The van der Waals surface area contributed by atoms with Gasteiger partial charge < -0.3 is 5.32 Å². The zero-order valence-corrected chi connectivity index (χ0v) is 23.3. The van der Waals surface area contributed by atoms with Gasteiger partial charge in [0.15, 0.2) is 0 Å². The number of benzene rings is 3. The third-order valence-electron chi connectivity index (χ3n) is 7.51. The number of hydrogen-bond acceptors (Lipinski definition) is 6. The van der Waals surface area contributed by atoms with Gasteiger partial charge in [-0.25, -0.2) is 18.4 Å². The van der Waals surface area contributed by atoms with Gasteiger partial charge in [0.25, 0.3) is 0 Å². The Bertz CT molecular complexity index is 1520. The van der Waals surface area contributed by atoms with Crippen LogP contribution in [-0.2, 0) is 16.4 Å². The molecule has 2 heterocycles. The molecule has 38 heavy (non-hydrogen) atoms. The van der Waals surface area contributed by atoms with Crippen LogP contribution in [0.25, 0.3) is 10.9 Å². The molecule has 4 aromatic rings. The van der Waals surface area contributed by atoms with Gasteiger partial charge >= 0.3 is 0 Å². The van der Waals surface area contributed by atoms with E-state index in [0.29, 0.717) is 31.1 Å². The van der Waals surface area contributed by atoms with E-state index in [2.05, 4.69) is 56.1 Å². The molecule has 7 nitrogen and oxygen atoms in total. The number of aryl methyl sites for hydroxylation is 3. The molecule has 1 aliphatic heterocycles. The summed E-state index contributed by atoms with van der Waals surface area (Å²) in [6.45, 7) is 10.4. The maximum absolute atomic E-state index is 13.2. The van der Waals surface area contributed by atoms with Crippen molar-refractivity contribution in [3.05, 3.63) is 89.2 Å². The Morgan fingerprint density at radius 3 is 2.18 bits per heavy atom. The van der Waals surface area contributed by atoms with Crippen LogP contribution in [0.1, 0.15) is 42.4 Å². The molecule has 1 N–H and O–H groups in total. The van der Waals surface area contributed by atoms with E-state index in [1.54, 1.807) is 16.4 Å². The molecule has 198 valence electrons. The van der Waals surface area contributed by atoms with Crippen LogP contribution in [0.3, 0.4) is 0 Å². The first-order valence-corrected chi connectivity index (χ1v) is 14.6. The second-order valence-corrected chi connectivity index (χ2v) is 11.9. The average Bonchev–Trinajstić information content (AvgIpc) is 2.94. The van der Waals surface area contributed by atoms with Crippen molar-refractivity contribution in [2.45, 2.75) is 45.1 Å². The normalized spacial score (nSPS) is 16.0. The standard InChI is InChI=1S/C30H35N5O2S/c1-5-24-13-15-25(16-14-24)38(36,37)35-19-17-34(18-20-35)23(4)29-31-27-12-7-6-11-26(27)30(33-29)32-28-21(2)9-8-10-22(28)3/h6-16,23H,5,17-20H2,1-4H3,(H,31,32,33)/t23-/m0/s1. The Hall–Kier alpha value is -3.33. The summed E-state index contributed by atoms with van der Waals surface area (Å²) in [7, 11) is -3.51. The molecule has 1 atom stereocenters. The fourth-order valence-electron chi connectivity index (χ4n) is 5.05. The molecule has 0 radical (unpaired) electrons. The van der Waals surface area contributed by atoms with E-state index < -0.39 is 10.0 Å². The van der Waals surface area contributed by atoms with E-state index in [9.17, 15) is 8.42 Å². The highest BCUT2D eigenvalue weighted by molar-refractivity contribution is 7.89. The van der Waals surface area contributed by atoms with E-state index >= 15 is 0 Å². The van der Waals surface area contributed by atoms with Crippen molar-refractivity contribution in [1.82, 2.24) is 19.2 Å². The first-order chi connectivity index (χ1) is 18.3. The number of nitrogens with zero attached hydrogens (tertiary/aromatic N) is 4. The molecular formula is C30H35N5O2S. The number of fused-ring (bicyclic) bond motifs is 1. The third kappa shape index (κ3) is 5.16. The lowest BCUT2D eigenvalue weighted by Gasteiger charge is -2.37. The quantitative estimate of drug-likeness (QED) is 0.335. The molecule has 1 aromatic heterocycles. The van der Waals surface area contributed by atoms with Crippen molar-refractivity contribution in [2.24, 2.45) is 0 Å². The molecule has 0 spiro atoms. The summed E-state index contributed by atoms with van der Waals surface area (Å²) < 4.78 is 28.0. The second kappa shape index (κ2) is 10.8. The van der Waals surface area contributed by atoms with Crippen LogP contribution in [0.2, 0.25) is 0 Å². The molecule has 0 bridgehead atoms. The zero-order valence-electron chi connectivity index (χ0n) is 22.5. The number of rotatable bonds is 7. The van der Waals surface area contributed by atoms with Crippen molar-refractivity contribution in [3.8, 4) is 0 Å². The summed E-state index contributed by atoms with van der Waals surface area (Å²) in [5.41, 5.74) is 5.38. The SMILES string of the molecule is CCc1ccc(S(=O)(=O)N2CCN([C@@H](C)c3nc(Nc4c(C)cccc4C)c4ccccc4n3)CC2)cc1. The molecule has 0 aliphatic carbocycles. The van der Waals surface area contributed by atoms with Crippen molar-refractivity contribution in [3.63, 3.8) is 0 Å². The number of sulfonamides is 1. The van der Waals surface area contributed by atoms with E-state index in [0.717, 1.165) is 51.3 Å². The lowest BCUT2D eigenvalue weighted by atomic mass is 10.1. The maximum atomic E-state index is 13.2. The highest BCUT2D eigenvalue weighted by Crippen LogP contribution is 2.30. The Balaban J connectivity index is 1.36. The number of piperazine rings is 1. The summed E-state index contributed by atoms with van der Waals surface area (Å²) in [4.78, 5) is 12.5. The zero-order chi connectivity index (χ0) is 26.9. The van der Waals surface area contributed by atoms with Crippen LogP contribution in [0.5, 0.6) is 0 Å². The Morgan fingerprint density at radius 1 is 0.868 bits per heavy atom. The van der Waals surface area contributed by atoms with Gasteiger partial charge in [0.1, 0.15) is 11.6 Å². The summed E-state index contributed by atoms with van der Waals surface area (Å²) in [6, 6.07) is 21.4. The minimum absolute atomic E-state index is 0.0631. The lowest BCUT2D eigenvalue weighted by molar-refractivity contribution is 0.141. The first-order valence-electron chi connectivity index (χ1n) is 13.2. The third-order valence-corrected chi connectivity index (χ3v) is 9.42. The molecule has 1 fully saturated rings. The van der Waals surface area contributed by atoms with Gasteiger partial charge in [0, 0.05) is 37.3 Å². The van der Waals surface area contributed by atoms with Gasteiger partial charge in [-0.1, -0.05) is 49.4 Å². The predicted molar refractivity (Wildman–Crippen MR) is 153 cm³/mol. The second-order valence-electron chi connectivity index (χ2n) is 9.95. The Kier molecular flexibility index (Phi) is 7.47. The minimum Gasteiger partial charge on any atom is -0.339 e. The molecule has 0 unspecified atom stereocenters. The van der Waals surface area contributed by atoms with Gasteiger partial charge in [-0.05, 0) is 68.1 Å². The molecule has 1 saturated heterocycles. The number of nitrogens with one attached hydrogen (secondary N) is 1. The first kappa shape index (κ1) is 26.3. The molecule has 0 saturated carbocycles. The topological polar surface area (TPSA) is 78.4 Å². The van der Waals surface area contributed by atoms with Crippen LogP contribution in [0.4, 0.5) is 11.5 Å². The average molecular weight is 530 g/mol. The fourth-order valence-corrected chi connectivity index (χ4v) is 6.47. The van der Waals surface area contributed by atoms with Crippen molar-refractivity contribution >= 4 is 32.4 Å².